The highest BCUT2D eigenvalue weighted by molar-refractivity contribution is 5.94. The van der Waals surface area contributed by atoms with Gasteiger partial charge in [0.15, 0.2) is 0 Å². The Morgan fingerprint density at radius 3 is 1.96 bits per heavy atom. The van der Waals surface area contributed by atoms with Gasteiger partial charge >= 0.3 is 0 Å². The van der Waals surface area contributed by atoms with Crippen molar-refractivity contribution in [3.63, 3.8) is 0 Å². The fourth-order valence-corrected chi connectivity index (χ4v) is 4.41. The first-order chi connectivity index (χ1) is 11.2. The predicted octanol–water partition coefficient (Wildman–Crippen LogP) is 4.28. The molecule has 4 nitrogen and oxygen atoms in total. The Bertz CT molecular complexity index is 417. The molecular formula is C19H32N2O2. The van der Waals surface area contributed by atoms with Gasteiger partial charge in [-0.15, -0.1) is 0 Å². The first-order valence-electron chi connectivity index (χ1n) is 9.71. The lowest BCUT2D eigenvalue weighted by molar-refractivity contribution is -0.149. The van der Waals surface area contributed by atoms with Gasteiger partial charge in [0.2, 0.25) is 6.10 Å². The van der Waals surface area contributed by atoms with E-state index in [1.165, 1.54) is 64.2 Å². The molecule has 2 fully saturated rings. The minimum Gasteiger partial charge on any atom is -0.382 e. The van der Waals surface area contributed by atoms with Gasteiger partial charge in [0.05, 0.1) is 5.71 Å². The van der Waals surface area contributed by atoms with Crippen LogP contribution in [0.25, 0.3) is 0 Å². The van der Waals surface area contributed by atoms with Crippen LogP contribution >= 0.6 is 0 Å². The van der Waals surface area contributed by atoms with E-state index in [-0.39, 0.29) is 12.0 Å². The summed E-state index contributed by atoms with van der Waals surface area (Å²) >= 11 is 0. The Balaban J connectivity index is 1.70. The van der Waals surface area contributed by atoms with E-state index in [9.17, 15) is 4.79 Å². The Kier molecular flexibility index (Phi) is 5.60. The van der Waals surface area contributed by atoms with Crippen molar-refractivity contribution >= 4 is 11.6 Å². The van der Waals surface area contributed by atoms with Crippen molar-refractivity contribution in [3.05, 3.63) is 0 Å². The summed E-state index contributed by atoms with van der Waals surface area (Å²) in [5.41, 5.74) is 1.04. The van der Waals surface area contributed by atoms with Crippen molar-refractivity contribution in [2.45, 2.75) is 103 Å². The smallest absolute Gasteiger partial charge is 0.267 e. The fraction of sp³-hybridized carbons (Fsp3) is 0.895. The van der Waals surface area contributed by atoms with Crippen LogP contribution in [0.2, 0.25) is 0 Å². The van der Waals surface area contributed by atoms with E-state index >= 15 is 0 Å². The van der Waals surface area contributed by atoms with Crippen LogP contribution in [0.1, 0.15) is 84.5 Å². The standard InChI is InChI=1S/C19H32N2O2/c1-14(2)17-13-18(23-20-17)19(22)21(15-9-5-3-6-10-15)16-11-7-4-8-12-16/h14-16,18H,3-13H2,1-2H3. The summed E-state index contributed by atoms with van der Waals surface area (Å²) in [7, 11) is 0. The molecule has 0 aromatic heterocycles. The van der Waals surface area contributed by atoms with Crippen molar-refractivity contribution in [1.29, 1.82) is 0 Å². The number of carbonyl (C=O) groups is 1. The third-order valence-corrected chi connectivity index (χ3v) is 5.82. The highest BCUT2D eigenvalue weighted by Gasteiger charge is 2.39. The number of rotatable bonds is 4. The molecule has 2 saturated carbocycles. The van der Waals surface area contributed by atoms with E-state index in [1.54, 1.807) is 0 Å². The minimum absolute atomic E-state index is 0.211. The maximum absolute atomic E-state index is 13.2. The molecule has 0 radical (unpaired) electrons. The van der Waals surface area contributed by atoms with Crippen LogP contribution in [-0.4, -0.2) is 34.7 Å². The lowest BCUT2D eigenvalue weighted by atomic mass is 9.88. The number of hydrogen-bond acceptors (Lipinski definition) is 3. The molecule has 0 spiro atoms. The summed E-state index contributed by atoms with van der Waals surface area (Å²) in [5.74, 6) is 0.578. The average molecular weight is 320 g/mol. The average Bonchev–Trinajstić information content (AvgIpc) is 3.07. The van der Waals surface area contributed by atoms with Crippen LogP contribution in [0.5, 0.6) is 0 Å². The van der Waals surface area contributed by atoms with E-state index in [1.807, 2.05) is 0 Å². The third-order valence-electron chi connectivity index (χ3n) is 5.82. The van der Waals surface area contributed by atoms with Gasteiger partial charge in [-0.05, 0) is 31.6 Å². The molecule has 0 aromatic rings. The summed E-state index contributed by atoms with van der Waals surface area (Å²) in [6.45, 7) is 4.24. The van der Waals surface area contributed by atoms with Crippen LogP contribution in [0.3, 0.4) is 0 Å². The molecule has 0 bridgehead atoms. The quantitative estimate of drug-likeness (QED) is 0.776. The number of hydrogen-bond donors (Lipinski definition) is 0. The molecule has 1 aliphatic heterocycles. The molecule has 3 rings (SSSR count). The Morgan fingerprint density at radius 2 is 1.52 bits per heavy atom. The Labute approximate surface area is 140 Å². The van der Waals surface area contributed by atoms with Crippen LogP contribution in [0, 0.1) is 5.92 Å². The second-order valence-electron chi connectivity index (χ2n) is 7.86. The first kappa shape index (κ1) is 16.8. The molecule has 0 saturated heterocycles. The van der Waals surface area contributed by atoms with Gasteiger partial charge in [0.25, 0.3) is 5.91 Å². The summed E-state index contributed by atoms with van der Waals surface area (Å²) in [6, 6.07) is 0.872. The van der Waals surface area contributed by atoms with Crippen LogP contribution < -0.4 is 0 Å². The van der Waals surface area contributed by atoms with Crippen molar-refractivity contribution < 1.29 is 9.63 Å². The lowest BCUT2D eigenvalue weighted by Crippen LogP contribution is -2.52. The normalized spacial score (nSPS) is 26.9. The second-order valence-corrected chi connectivity index (χ2v) is 7.86. The van der Waals surface area contributed by atoms with Gasteiger partial charge in [-0.1, -0.05) is 57.5 Å². The van der Waals surface area contributed by atoms with Gasteiger partial charge in [-0.3, -0.25) is 4.79 Å². The zero-order chi connectivity index (χ0) is 16.2. The summed E-state index contributed by atoms with van der Waals surface area (Å²) < 4.78 is 0. The van der Waals surface area contributed by atoms with Crippen molar-refractivity contribution in [2.24, 2.45) is 11.1 Å². The molecule has 23 heavy (non-hydrogen) atoms. The molecule has 0 aromatic carbocycles. The molecule has 0 N–H and O–H groups in total. The molecule has 2 aliphatic carbocycles. The highest BCUT2D eigenvalue weighted by Crippen LogP contribution is 2.32. The largest absolute Gasteiger partial charge is 0.382 e. The molecule has 1 unspecified atom stereocenters. The van der Waals surface area contributed by atoms with Gasteiger partial charge in [-0.25, -0.2) is 0 Å². The molecular weight excluding hydrogens is 288 g/mol. The van der Waals surface area contributed by atoms with Gasteiger partial charge in [0.1, 0.15) is 0 Å². The molecule has 130 valence electrons. The topological polar surface area (TPSA) is 41.9 Å². The van der Waals surface area contributed by atoms with Crippen LogP contribution in [-0.2, 0) is 9.63 Å². The van der Waals surface area contributed by atoms with Crippen molar-refractivity contribution in [2.75, 3.05) is 0 Å². The summed E-state index contributed by atoms with van der Waals surface area (Å²) in [4.78, 5) is 21.0. The minimum atomic E-state index is -0.365. The fourth-order valence-electron chi connectivity index (χ4n) is 4.41. The highest BCUT2D eigenvalue weighted by atomic mass is 16.6. The number of oxime groups is 1. The maximum Gasteiger partial charge on any atom is 0.267 e. The van der Waals surface area contributed by atoms with E-state index in [0.717, 1.165) is 5.71 Å². The molecule has 3 aliphatic rings. The number of carbonyl (C=O) groups excluding carboxylic acids is 1. The van der Waals surface area contributed by atoms with E-state index in [2.05, 4.69) is 23.9 Å². The number of nitrogens with zero attached hydrogens (tertiary/aromatic N) is 2. The zero-order valence-corrected chi connectivity index (χ0v) is 14.8. The molecule has 1 heterocycles. The molecule has 4 heteroatoms. The van der Waals surface area contributed by atoms with Crippen LogP contribution in [0.4, 0.5) is 0 Å². The lowest BCUT2D eigenvalue weighted by Gasteiger charge is -2.42. The summed E-state index contributed by atoms with van der Waals surface area (Å²) in [5, 5.41) is 4.18. The van der Waals surface area contributed by atoms with Gasteiger partial charge < -0.3 is 9.74 Å². The monoisotopic (exact) mass is 320 g/mol. The van der Waals surface area contributed by atoms with Crippen molar-refractivity contribution in [3.8, 4) is 0 Å². The van der Waals surface area contributed by atoms with Gasteiger partial charge in [0, 0.05) is 18.5 Å². The van der Waals surface area contributed by atoms with Crippen molar-refractivity contribution in [1.82, 2.24) is 4.90 Å². The first-order valence-corrected chi connectivity index (χ1v) is 9.71. The van der Waals surface area contributed by atoms with E-state index in [0.29, 0.717) is 24.4 Å². The maximum atomic E-state index is 13.2. The Morgan fingerprint density at radius 1 is 1.00 bits per heavy atom. The van der Waals surface area contributed by atoms with E-state index < -0.39 is 0 Å². The third kappa shape index (κ3) is 3.89. The molecule has 1 amide bonds. The second kappa shape index (κ2) is 7.67. The van der Waals surface area contributed by atoms with Crippen LogP contribution in [0.15, 0.2) is 5.16 Å². The van der Waals surface area contributed by atoms with Gasteiger partial charge in [-0.2, -0.15) is 0 Å². The summed E-state index contributed by atoms with van der Waals surface area (Å²) in [6.07, 6.45) is 12.7. The molecule has 1 atom stereocenters. The van der Waals surface area contributed by atoms with E-state index in [4.69, 9.17) is 4.84 Å². The SMILES string of the molecule is CC(C)C1=NOC(C(=O)N(C2CCCCC2)C2CCCCC2)C1. The zero-order valence-electron chi connectivity index (χ0n) is 14.8. The Hall–Kier alpha value is -1.06. The predicted molar refractivity (Wildman–Crippen MR) is 92.4 cm³/mol. The number of amides is 1.